The third-order valence-corrected chi connectivity index (χ3v) is 13.3. The number of hydrogen-bond acceptors (Lipinski definition) is 11. The zero-order chi connectivity index (χ0) is 43.6. The molecule has 0 saturated carbocycles. The summed E-state index contributed by atoms with van der Waals surface area (Å²) in [5.41, 5.74) is 4.89. The zero-order valence-corrected chi connectivity index (χ0v) is 36.2. The number of nitrogens with two attached hydrogens (primary N) is 1. The molecular formula is C40H55N4O12S3+. The Morgan fingerprint density at radius 1 is 0.797 bits per heavy atom. The van der Waals surface area contributed by atoms with E-state index < -0.39 is 46.9 Å². The minimum Gasteiger partial charge on any atom is -0.385 e. The molecule has 4 rings (SSSR count). The van der Waals surface area contributed by atoms with Gasteiger partial charge in [0.25, 0.3) is 30.4 Å². The summed E-state index contributed by atoms with van der Waals surface area (Å²) in [6.45, 7) is 5.50. The topological polar surface area (TPSA) is 243 Å². The van der Waals surface area contributed by atoms with Crippen LogP contribution in [-0.2, 0) is 55.5 Å². The maximum Gasteiger partial charge on any atom is 0.294 e. The van der Waals surface area contributed by atoms with Crippen LogP contribution in [0.3, 0.4) is 0 Å². The maximum absolute atomic E-state index is 12.2. The van der Waals surface area contributed by atoms with Gasteiger partial charge in [-0.25, -0.2) is 5.84 Å². The first kappa shape index (κ1) is 47.6. The van der Waals surface area contributed by atoms with Crippen molar-refractivity contribution in [2.24, 2.45) is 5.84 Å². The highest BCUT2D eigenvalue weighted by atomic mass is 32.2. The average molecular weight is 880 g/mol. The van der Waals surface area contributed by atoms with Crippen LogP contribution in [0.5, 0.6) is 0 Å². The Kier molecular flexibility index (Phi) is 16.2. The lowest BCUT2D eigenvalue weighted by atomic mass is 9.76. The first-order valence-electron chi connectivity index (χ1n) is 19.0. The number of carbonyl (C=O) groups is 1. The number of carbonyl (C=O) groups excluding carboxylic acids is 1. The molecule has 0 radical (unpaired) electrons. The van der Waals surface area contributed by atoms with E-state index in [2.05, 4.69) is 10.3 Å². The number of anilines is 1. The van der Waals surface area contributed by atoms with Gasteiger partial charge in [-0.05, 0) is 87.9 Å². The molecule has 324 valence electrons. The average Bonchev–Trinajstić information content (AvgIpc) is 3.53. The highest BCUT2D eigenvalue weighted by Gasteiger charge is 2.48. The smallest absolute Gasteiger partial charge is 0.294 e. The van der Waals surface area contributed by atoms with Crippen molar-refractivity contribution in [1.29, 1.82) is 0 Å². The molecule has 2 aromatic carbocycles. The summed E-state index contributed by atoms with van der Waals surface area (Å²) in [6, 6.07) is 8.86. The van der Waals surface area contributed by atoms with Crippen LogP contribution in [0.1, 0.15) is 69.9 Å². The minimum absolute atomic E-state index is 0.0698. The number of amides is 1. The molecule has 6 N–H and O–H groups in total. The molecule has 0 aromatic heterocycles. The normalized spacial score (nSPS) is 20.5. The Morgan fingerprint density at radius 2 is 1.42 bits per heavy atom. The van der Waals surface area contributed by atoms with Crippen LogP contribution in [-0.4, -0.2) is 101 Å². The van der Waals surface area contributed by atoms with Gasteiger partial charge in [-0.3, -0.25) is 23.9 Å². The molecule has 2 aliphatic rings. The van der Waals surface area contributed by atoms with Crippen LogP contribution in [0.4, 0.5) is 11.4 Å². The second-order valence-electron chi connectivity index (χ2n) is 14.8. The molecule has 2 heterocycles. The third-order valence-electron chi connectivity index (χ3n) is 10.8. The number of rotatable bonds is 22. The number of allylic oxidation sites excluding steroid dienone is 8. The van der Waals surface area contributed by atoms with E-state index in [1.54, 1.807) is 44.6 Å². The van der Waals surface area contributed by atoms with Crippen molar-refractivity contribution < 1.29 is 57.8 Å². The lowest BCUT2D eigenvalue weighted by Gasteiger charge is -2.30. The molecule has 0 bridgehead atoms. The number of nitrogens with one attached hydrogen (secondary N) is 1. The molecule has 0 saturated heterocycles. The van der Waals surface area contributed by atoms with Crippen LogP contribution in [0.15, 0.2) is 94.4 Å². The molecule has 2 unspecified atom stereocenters. The van der Waals surface area contributed by atoms with Gasteiger partial charge in [0.1, 0.15) is 6.61 Å². The standard InChI is InChI=1S/C40H54N4O12S3/c1-39(21-13-27-57(46,47)48)32-28-30(58(49,50)51)18-20-35(32)44(24-26-56-4)36(39)14-9-6-5-7-10-15-37-40(2,22-25-55-3)33-29-31(59(52,53)54)17-19-34(33)43(37)23-12-8-11-16-38(45)42-41/h5-7,9-10,14-15,17-20,28-29H,8,11-13,16,21-27,41H2,1-4H3,(H3-,42,45,46,47,48,49,50,51,52,53,54)/p+1. The largest absolute Gasteiger partial charge is 0.385 e. The van der Waals surface area contributed by atoms with Crippen LogP contribution >= 0.6 is 0 Å². The summed E-state index contributed by atoms with van der Waals surface area (Å²) >= 11 is 0. The fourth-order valence-electron chi connectivity index (χ4n) is 7.78. The van der Waals surface area contributed by atoms with Gasteiger partial charge in [0, 0.05) is 68.3 Å². The van der Waals surface area contributed by atoms with Crippen LogP contribution in [0.25, 0.3) is 0 Å². The molecule has 16 nitrogen and oxygen atoms in total. The summed E-state index contributed by atoms with van der Waals surface area (Å²) < 4.78 is 114. The Balaban J connectivity index is 1.69. The van der Waals surface area contributed by atoms with Crippen molar-refractivity contribution in [3.05, 3.63) is 95.8 Å². The zero-order valence-electron chi connectivity index (χ0n) is 33.7. The van der Waals surface area contributed by atoms with Gasteiger partial charge >= 0.3 is 0 Å². The van der Waals surface area contributed by atoms with Crippen LogP contribution in [0.2, 0.25) is 0 Å². The number of fused-ring (bicyclic) bond motifs is 2. The number of methoxy groups -OCH3 is 2. The highest BCUT2D eigenvalue weighted by Crippen LogP contribution is 2.51. The van der Waals surface area contributed by atoms with Gasteiger partial charge in [-0.2, -0.15) is 29.8 Å². The quantitative estimate of drug-likeness (QED) is 0.0204. The van der Waals surface area contributed by atoms with Crippen molar-refractivity contribution in [2.75, 3.05) is 51.2 Å². The van der Waals surface area contributed by atoms with E-state index in [4.69, 9.17) is 15.3 Å². The highest BCUT2D eigenvalue weighted by molar-refractivity contribution is 7.86. The van der Waals surface area contributed by atoms with Crippen molar-refractivity contribution in [2.45, 2.75) is 79.4 Å². The fraction of sp³-hybridized carbons (Fsp3) is 0.450. The van der Waals surface area contributed by atoms with Crippen LogP contribution < -0.4 is 16.2 Å². The summed E-state index contributed by atoms with van der Waals surface area (Å²) in [5.74, 6) is 4.48. The molecule has 0 fully saturated rings. The van der Waals surface area contributed by atoms with E-state index in [0.29, 0.717) is 56.8 Å². The first-order chi connectivity index (χ1) is 27.7. The van der Waals surface area contributed by atoms with Gasteiger partial charge < -0.3 is 14.4 Å². The summed E-state index contributed by atoms with van der Waals surface area (Å²) in [5, 5.41) is 0. The predicted molar refractivity (Wildman–Crippen MR) is 225 cm³/mol. The first-order valence-corrected chi connectivity index (χ1v) is 23.5. The van der Waals surface area contributed by atoms with E-state index >= 15 is 0 Å². The predicted octanol–water partition coefficient (Wildman–Crippen LogP) is 4.77. The summed E-state index contributed by atoms with van der Waals surface area (Å²) in [7, 11) is -10.1. The second-order valence-corrected chi connectivity index (χ2v) is 19.3. The van der Waals surface area contributed by atoms with E-state index in [1.807, 2.05) is 42.7 Å². The second kappa shape index (κ2) is 20.0. The van der Waals surface area contributed by atoms with Crippen molar-refractivity contribution in [3.63, 3.8) is 0 Å². The SMILES string of the molecule is COCC[N+]1=C(/C=C/C=C/C=C/C=C2/N(CCCCCC(=O)NN)c3ccc(S(=O)(=O)O)cc3C2(C)CCOC)C(C)(CCCS(=O)(=O)O)c2cc(S(=O)(=O)O)ccc21. The van der Waals surface area contributed by atoms with E-state index in [1.165, 1.54) is 24.3 Å². The van der Waals surface area contributed by atoms with Crippen LogP contribution in [0, 0.1) is 0 Å². The Labute approximate surface area is 347 Å². The summed E-state index contributed by atoms with van der Waals surface area (Å²) in [4.78, 5) is 13.3. The van der Waals surface area contributed by atoms with Gasteiger partial charge in [0.15, 0.2) is 12.3 Å². The maximum atomic E-state index is 12.2. The van der Waals surface area contributed by atoms with E-state index in [0.717, 1.165) is 35.5 Å². The van der Waals surface area contributed by atoms with E-state index in [9.17, 15) is 43.7 Å². The van der Waals surface area contributed by atoms with E-state index in [-0.39, 0.29) is 28.5 Å². The molecule has 2 aromatic rings. The number of benzene rings is 2. The fourth-order valence-corrected chi connectivity index (χ4v) is 9.30. The minimum atomic E-state index is -4.55. The number of hydrogen-bond donors (Lipinski definition) is 5. The number of hydrazine groups is 1. The van der Waals surface area contributed by atoms with Gasteiger partial charge in [0.2, 0.25) is 11.6 Å². The van der Waals surface area contributed by atoms with Crippen molar-refractivity contribution in [3.8, 4) is 0 Å². The number of unbranched alkanes of at least 4 members (excludes halogenated alkanes) is 2. The molecule has 19 heteroatoms. The number of ether oxygens (including phenoxy) is 2. The Bertz CT molecular complexity index is 2360. The monoisotopic (exact) mass is 879 g/mol. The molecule has 0 spiro atoms. The molecule has 1 amide bonds. The Morgan fingerprint density at radius 3 is 2.05 bits per heavy atom. The lowest BCUT2D eigenvalue weighted by molar-refractivity contribution is -0.441. The lowest BCUT2D eigenvalue weighted by Crippen LogP contribution is -2.32. The van der Waals surface area contributed by atoms with Gasteiger partial charge in [-0.15, -0.1) is 0 Å². The van der Waals surface area contributed by atoms with Crippen molar-refractivity contribution >= 4 is 53.3 Å². The molecule has 2 aliphatic heterocycles. The van der Waals surface area contributed by atoms with Gasteiger partial charge in [-0.1, -0.05) is 36.8 Å². The molecule has 2 atom stereocenters. The molecule has 59 heavy (non-hydrogen) atoms. The van der Waals surface area contributed by atoms with Crippen molar-refractivity contribution in [1.82, 2.24) is 5.43 Å². The number of nitrogens with zero attached hydrogens (tertiary/aromatic N) is 2. The summed E-state index contributed by atoms with van der Waals surface area (Å²) in [6.07, 6.45) is 16.1. The third kappa shape index (κ3) is 11.8. The molecular weight excluding hydrogens is 825 g/mol. The Hall–Kier alpha value is -4.05. The molecule has 0 aliphatic carbocycles. The van der Waals surface area contributed by atoms with Gasteiger partial charge in [0.05, 0.1) is 21.0 Å².